The molecule has 0 spiro atoms. The fourth-order valence-corrected chi connectivity index (χ4v) is 2.12. The van der Waals surface area contributed by atoms with Crippen LogP contribution in [0.25, 0.3) is 0 Å². The molecule has 0 amide bonds. The Morgan fingerprint density at radius 2 is 2.36 bits per heavy atom. The second kappa shape index (κ2) is 3.39. The van der Waals surface area contributed by atoms with Crippen molar-refractivity contribution < 1.29 is 4.42 Å². The van der Waals surface area contributed by atoms with Crippen molar-refractivity contribution in [1.29, 1.82) is 0 Å². The first-order valence-electron chi connectivity index (χ1n) is 5.57. The molecule has 1 aliphatic carbocycles. The number of hydrogen-bond donors (Lipinski definition) is 1. The smallest absolute Gasteiger partial charge is 0.194 e. The molecule has 0 bridgehead atoms. The highest BCUT2D eigenvalue weighted by molar-refractivity contribution is 5.10. The summed E-state index contributed by atoms with van der Waals surface area (Å²) in [4.78, 5) is 4.54. The van der Waals surface area contributed by atoms with Crippen LogP contribution in [-0.2, 0) is 6.42 Å². The van der Waals surface area contributed by atoms with Crippen LogP contribution in [0.15, 0.2) is 10.7 Å². The lowest BCUT2D eigenvalue weighted by molar-refractivity contribution is 0.442. The SMILES string of the molecule is c1oc(CC2CCNC2)nc1C1CC1. The molecule has 3 heteroatoms. The molecule has 0 radical (unpaired) electrons. The van der Waals surface area contributed by atoms with Gasteiger partial charge >= 0.3 is 0 Å². The van der Waals surface area contributed by atoms with Gasteiger partial charge in [-0.15, -0.1) is 0 Å². The molecule has 1 aromatic rings. The summed E-state index contributed by atoms with van der Waals surface area (Å²) >= 11 is 0. The monoisotopic (exact) mass is 192 g/mol. The van der Waals surface area contributed by atoms with E-state index in [2.05, 4.69) is 10.3 Å². The predicted molar refractivity (Wildman–Crippen MR) is 53.2 cm³/mol. The van der Waals surface area contributed by atoms with Gasteiger partial charge in [-0.05, 0) is 38.3 Å². The second-order valence-corrected chi connectivity index (χ2v) is 4.50. The number of hydrogen-bond acceptors (Lipinski definition) is 3. The van der Waals surface area contributed by atoms with Crippen molar-refractivity contribution in [3.8, 4) is 0 Å². The Kier molecular flexibility index (Phi) is 2.05. The van der Waals surface area contributed by atoms with Crippen LogP contribution in [0.5, 0.6) is 0 Å². The molecule has 1 unspecified atom stereocenters. The van der Waals surface area contributed by atoms with Crippen molar-refractivity contribution >= 4 is 0 Å². The predicted octanol–water partition coefficient (Wildman–Crippen LogP) is 1.70. The van der Waals surface area contributed by atoms with Crippen LogP contribution in [-0.4, -0.2) is 18.1 Å². The highest BCUT2D eigenvalue weighted by Gasteiger charge is 2.27. The molecule has 1 saturated carbocycles. The fourth-order valence-electron chi connectivity index (χ4n) is 2.12. The number of nitrogens with zero attached hydrogens (tertiary/aromatic N) is 1. The van der Waals surface area contributed by atoms with Crippen molar-refractivity contribution in [2.75, 3.05) is 13.1 Å². The average molecular weight is 192 g/mol. The van der Waals surface area contributed by atoms with E-state index in [9.17, 15) is 0 Å². The highest BCUT2D eigenvalue weighted by atomic mass is 16.3. The van der Waals surface area contributed by atoms with Crippen molar-refractivity contribution in [1.82, 2.24) is 10.3 Å². The molecule has 2 aliphatic rings. The van der Waals surface area contributed by atoms with Gasteiger partial charge in [0.25, 0.3) is 0 Å². The van der Waals surface area contributed by atoms with E-state index in [4.69, 9.17) is 4.42 Å². The van der Waals surface area contributed by atoms with Gasteiger partial charge in [0.2, 0.25) is 0 Å². The molecule has 3 nitrogen and oxygen atoms in total. The summed E-state index contributed by atoms with van der Waals surface area (Å²) in [6.45, 7) is 2.28. The van der Waals surface area contributed by atoms with E-state index in [1.165, 1.54) is 25.0 Å². The summed E-state index contributed by atoms with van der Waals surface area (Å²) in [5.74, 6) is 2.40. The summed E-state index contributed by atoms with van der Waals surface area (Å²) in [6, 6.07) is 0. The van der Waals surface area contributed by atoms with Gasteiger partial charge in [0.1, 0.15) is 6.26 Å². The molecule has 3 rings (SSSR count). The van der Waals surface area contributed by atoms with E-state index in [1.807, 2.05) is 6.26 Å². The fraction of sp³-hybridized carbons (Fsp3) is 0.727. The first-order chi connectivity index (χ1) is 6.92. The Morgan fingerprint density at radius 3 is 3.07 bits per heavy atom. The van der Waals surface area contributed by atoms with Crippen LogP contribution in [0, 0.1) is 5.92 Å². The van der Waals surface area contributed by atoms with Crippen LogP contribution < -0.4 is 5.32 Å². The zero-order chi connectivity index (χ0) is 9.38. The number of oxazole rings is 1. The summed E-state index contributed by atoms with van der Waals surface area (Å²) in [7, 11) is 0. The van der Waals surface area contributed by atoms with Crippen molar-refractivity contribution in [3.05, 3.63) is 17.8 Å². The maximum Gasteiger partial charge on any atom is 0.194 e. The van der Waals surface area contributed by atoms with Gasteiger partial charge in [0.05, 0.1) is 5.69 Å². The molecular weight excluding hydrogens is 176 g/mol. The summed E-state index contributed by atoms with van der Waals surface area (Å²) < 4.78 is 5.49. The Balaban J connectivity index is 1.64. The van der Waals surface area contributed by atoms with Gasteiger partial charge in [-0.2, -0.15) is 0 Å². The maximum absolute atomic E-state index is 5.49. The van der Waals surface area contributed by atoms with Gasteiger partial charge in [0, 0.05) is 12.3 Å². The van der Waals surface area contributed by atoms with Crippen molar-refractivity contribution in [3.63, 3.8) is 0 Å². The van der Waals surface area contributed by atoms with Crippen LogP contribution in [0.2, 0.25) is 0 Å². The van der Waals surface area contributed by atoms with Gasteiger partial charge in [-0.25, -0.2) is 4.98 Å². The molecule has 76 valence electrons. The molecule has 1 aliphatic heterocycles. The Bertz CT molecular complexity index is 311. The number of nitrogens with one attached hydrogen (secondary N) is 1. The topological polar surface area (TPSA) is 38.1 Å². The van der Waals surface area contributed by atoms with Gasteiger partial charge in [0.15, 0.2) is 5.89 Å². The quantitative estimate of drug-likeness (QED) is 0.792. The molecule has 0 aromatic carbocycles. The first kappa shape index (κ1) is 8.48. The third-order valence-corrected chi connectivity index (χ3v) is 3.19. The van der Waals surface area contributed by atoms with E-state index in [0.717, 1.165) is 31.3 Å². The molecule has 1 aromatic heterocycles. The van der Waals surface area contributed by atoms with Crippen LogP contribution in [0.1, 0.15) is 36.8 Å². The van der Waals surface area contributed by atoms with Crippen LogP contribution >= 0.6 is 0 Å². The third kappa shape index (κ3) is 1.69. The van der Waals surface area contributed by atoms with Gasteiger partial charge in [-0.3, -0.25) is 0 Å². The Hall–Kier alpha value is -0.830. The lowest BCUT2D eigenvalue weighted by atomic mass is 10.1. The number of rotatable bonds is 3. The maximum atomic E-state index is 5.49. The Labute approximate surface area is 83.9 Å². The molecule has 1 saturated heterocycles. The van der Waals surface area contributed by atoms with E-state index in [1.54, 1.807) is 0 Å². The van der Waals surface area contributed by atoms with E-state index >= 15 is 0 Å². The van der Waals surface area contributed by atoms with Crippen LogP contribution in [0.3, 0.4) is 0 Å². The largest absolute Gasteiger partial charge is 0.449 e. The molecular formula is C11H16N2O. The molecule has 2 heterocycles. The zero-order valence-corrected chi connectivity index (χ0v) is 8.33. The lowest BCUT2D eigenvalue weighted by Crippen LogP contribution is -2.10. The van der Waals surface area contributed by atoms with Crippen molar-refractivity contribution in [2.45, 2.75) is 31.6 Å². The zero-order valence-electron chi connectivity index (χ0n) is 8.33. The van der Waals surface area contributed by atoms with E-state index < -0.39 is 0 Å². The standard InChI is InChI=1S/C11H16N2O/c1-2-9(1)10-7-14-11(13-10)5-8-3-4-12-6-8/h7-9,12H,1-6H2. The first-order valence-corrected chi connectivity index (χ1v) is 5.57. The third-order valence-electron chi connectivity index (χ3n) is 3.19. The van der Waals surface area contributed by atoms with Crippen LogP contribution in [0.4, 0.5) is 0 Å². The second-order valence-electron chi connectivity index (χ2n) is 4.50. The molecule has 14 heavy (non-hydrogen) atoms. The van der Waals surface area contributed by atoms with E-state index in [-0.39, 0.29) is 0 Å². The summed E-state index contributed by atoms with van der Waals surface area (Å²) in [5.41, 5.74) is 1.19. The minimum atomic E-state index is 0.717. The molecule has 1 N–H and O–H groups in total. The summed E-state index contributed by atoms with van der Waals surface area (Å²) in [6.07, 6.45) is 6.74. The highest BCUT2D eigenvalue weighted by Crippen LogP contribution is 2.39. The molecule has 1 atom stereocenters. The molecule has 2 fully saturated rings. The minimum absolute atomic E-state index is 0.717. The summed E-state index contributed by atoms with van der Waals surface area (Å²) in [5, 5.41) is 3.37. The van der Waals surface area contributed by atoms with Crippen molar-refractivity contribution in [2.24, 2.45) is 5.92 Å². The average Bonchev–Trinajstić information content (AvgIpc) is 2.75. The van der Waals surface area contributed by atoms with Gasteiger partial charge < -0.3 is 9.73 Å². The normalized spacial score (nSPS) is 27.0. The Morgan fingerprint density at radius 1 is 1.43 bits per heavy atom. The lowest BCUT2D eigenvalue weighted by Gasteiger charge is -2.02. The van der Waals surface area contributed by atoms with Gasteiger partial charge in [-0.1, -0.05) is 0 Å². The number of aromatic nitrogens is 1. The van der Waals surface area contributed by atoms with E-state index in [0.29, 0.717) is 5.92 Å². The minimum Gasteiger partial charge on any atom is -0.449 e.